The lowest BCUT2D eigenvalue weighted by molar-refractivity contribution is -0.138. The van der Waals surface area contributed by atoms with Gasteiger partial charge >= 0.3 is 11.9 Å². The average molecular weight is 363 g/mol. The van der Waals surface area contributed by atoms with Crippen molar-refractivity contribution in [2.45, 2.75) is 90.4 Å². The lowest BCUT2D eigenvalue weighted by atomic mass is 10.0. The van der Waals surface area contributed by atoms with Crippen LogP contribution in [0.1, 0.15) is 90.4 Å². The Morgan fingerprint density at radius 2 is 1.08 bits per heavy atom. The third-order valence-electron chi connectivity index (χ3n) is 3.95. The van der Waals surface area contributed by atoms with E-state index < -0.39 is 11.9 Å². The molecule has 0 aromatic rings. The van der Waals surface area contributed by atoms with E-state index in [-0.39, 0.29) is 12.8 Å². The first-order valence-electron chi connectivity index (χ1n) is 9.59. The van der Waals surface area contributed by atoms with Crippen molar-refractivity contribution in [2.24, 2.45) is 5.92 Å². The predicted molar refractivity (Wildman–Crippen MR) is 98.6 cm³/mol. The van der Waals surface area contributed by atoms with Crippen LogP contribution in [0.5, 0.6) is 0 Å². The molecule has 0 amide bonds. The molecule has 6 heteroatoms. The highest BCUT2D eigenvalue weighted by Crippen LogP contribution is 2.09. The van der Waals surface area contributed by atoms with Crippen LogP contribution >= 0.6 is 0 Å². The summed E-state index contributed by atoms with van der Waals surface area (Å²) < 4.78 is 0. The molecule has 0 fully saturated rings. The van der Waals surface area contributed by atoms with Crippen molar-refractivity contribution in [3.05, 3.63) is 0 Å². The molecule has 1 unspecified atom stereocenters. The molecule has 0 rings (SSSR count). The van der Waals surface area contributed by atoms with Crippen LogP contribution in [0.25, 0.3) is 0 Å². The topological polar surface area (TPSA) is 115 Å². The third kappa shape index (κ3) is 28.0. The smallest absolute Gasteiger partial charge is 0.303 e. The second-order valence-corrected chi connectivity index (χ2v) is 6.62. The molecule has 150 valence electrons. The van der Waals surface area contributed by atoms with Crippen LogP contribution in [-0.2, 0) is 9.59 Å². The first-order chi connectivity index (χ1) is 11.9. The van der Waals surface area contributed by atoms with E-state index in [1.54, 1.807) is 0 Å². The molecule has 0 radical (unpaired) electrons. The van der Waals surface area contributed by atoms with Gasteiger partial charge in [0.15, 0.2) is 0 Å². The number of hydrogen-bond acceptors (Lipinski definition) is 4. The fourth-order valence-electron chi connectivity index (χ4n) is 2.31. The Hall–Kier alpha value is -1.14. The minimum absolute atomic E-state index is 0.245. The van der Waals surface area contributed by atoms with Crippen LogP contribution in [0, 0.1) is 5.92 Å². The molecule has 0 bridgehead atoms. The van der Waals surface area contributed by atoms with E-state index in [1.165, 1.54) is 12.8 Å². The molecule has 1 atom stereocenters. The fraction of sp³-hybridized carbons (Fsp3) is 0.895. The Kier molecular flexibility index (Phi) is 21.8. The fourth-order valence-corrected chi connectivity index (χ4v) is 2.31. The van der Waals surface area contributed by atoms with E-state index in [0.29, 0.717) is 19.1 Å². The zero-order valence-corrected chi connectivity index (χ0v) is 15.8. The minimum Gasteiger partial charge on any atom is -0.481 e. The molecular weight excluding hydrogens is 324 g/mol. The summed E-state index contributed by atoms with van der Waals surface area (Å²) in [5.74, 6) is -1.03. The van der Waals surface area contributed by atoms with Crippen molar-refractivity contribution < 1.29 is 30.0 Å². The summed E-state index contributed by atoms with van der Waals surface area (Å²) in [6, 6.07) is 0. The first kappa shape index (κ1) is 26.1. The van der Waals surface area contributed by atoms with Gasteiger partial charge in [-0.15, -0.1) is 0 Å². The Bertz CT molecular complexity index is 286. The minimum atomic E-state index is -0.740. The van der Waals surface area contributed by atoms with Gasteiger partial charge < -0.3 is 20.4 Å². The Morgan fingerprint density at radius 1 is 0.680 bits per heavy atom. The largest absolute Gasteiger partial charge is 0.481 e. The summed E-state index contributed by atoms with van der Waals surface area (Å²) in [6.45, 7) is 2.68. The van der Waals surface area contributed by atoms with Crippen molar-refractivity contribution >= 4 is 11.9 Å². The number of aliphatic hydroxyl groups excluding tert-OH is 2. The van der Waals surface area contributed by atoms with Gasteiger partial charge in [-0.05, 0) is 31.6 Å². The van der Waals surface area contributed by atoms with E-state index >= 15 is 0 Å². The quantitative estimate of drug-likeness (QED) is 0.310. The number of unbranched alkanes of at least 4 members (excludes halogenated alkanes) is 8. The maximum Gasteiger partial charge on any atom is 0.303 e. The summed E-state index contributed by atoms with van der Waals surface area (Å²) in [4.78, 5) is 20.3. The second-order valence-electron chi connectivity index (χ2n) is 6.62. The van der Waals surface area contributed by atoms with Gasteiger partial charge in [-0.25, -0.2) is 0 Å². The number of carboxylic acid groups (broad SMARTS) is 2. The summed E-state index contributed by atoms with van der Waals surface area (Å²) >= 11 is 0. The van der Waals surface area contributed by atoms with Gasteiger partial charge in [0.2, 0.25) is 0 Å². The highest BCUT2D eigenvalue weighted by Gasteiger charge is 1.99. The summed E-state index contributed by atoms with van der Waals surface area (Å²) in [5.41, 5.74) is 0. The zero-order valence-electron chi connectivity index (χ0n) is 15.8. The normalized spacial score (nSPS) is 11.5. The van der Waals surface area contributed by atoms with Crippen molar-refractivity contribution in [2.75, 3.05) is 13.2 Å². The molecule has 0 heterocycles. The summed E-state index contributed by atoms with van der Waals surface area (Å²) in [6.07, 6.45) is 11.3. The molecular formula is C19H38O6. The number of aliphatic hydroxyl groups is 2. The van der Waals surface area contributed by atoms with Crippen LogP contribution in [0.2, 0.25) is 0 Å². The molecule has 6 nitrogen and oxygen atoms in total. The van der Waals surface area contributed by atoms with Crippen LogP contribution in [0.3, 0.4) is 0 Å². The Balaban J connectivity index is 0. The third-order valence-corrected chi connectivity index (χ3v) is 3.95. The highest BCUT2D eigenvalue weighted by molar-refractivity contribution is 5.66. The van der Waals surface area contributed by atoms with E-state index in [0.717, 1.165) is 57.8 Å². The van der Waals surface area contributed by atoms with E-state index in [9.17, 15) is 9.59 Å². The van der Waals surface area contributed by atoms with Crippen LogP contribution in [-0.4, -0.2) is 45.6 Å². The van der Waals surface area contributed by atoms with E-state index in [4.69, 9.17) is 20.4 Å². The molecule has 0 aromatic heterocycles. The number of carbonyl (C=O) groups is 2. The van der Waals surface area contributed by atoms with Gasteiger partial charge in [-0.2, -0.15) is 0 Å². The number of aliphatic carboxylic acids is 2. The van der Waals surface area contributed by atoms with Gasteiger partial charge in [-0.3, -0.25) is 9.59 Å². The van der Waals surface area contributed by atoms with Crippen molar-refractivity contribution in [3.8, 4) is 0 Å². The number of hydrogen-bond donors (Lipinski definition) is 4. The van der Waals surface area contributed by atoms with Gasteiger partial charge in [0, 0.05) is 26.1 Å². The maximum atomic E-state index is 10.1. The SMILES string of the molecule is CC(CO)CCCCCCO.O=C(O)CCCCCCCCC(=O)O. The maximum absolute atomic E-state index is 10.1. The molecule has 4 N–H and O–H groups in total. The lowest BCUT2D eigenvalue weighted by Gasteiger charge is -2.05. The Morgan fingerprint density at radius 3 is 1.48 bits per heavy atom. The van der Waals surface area contributed by atoms with E-state index in [1.807, 2.05) is 0 Å². The standard InChI is InChI=1S/C10H18O4.C9H20O2/c11-9(12)7-5-3-1-2-4-6-8-10(13)14;1-9(8-11)6-4-2-3-5-7-10/h1-8H2,(H,11,12)(H,13,14);9-11H,2-8H2,1H3. The number of rotatable bonds is 16. The van der Waals surface area contributed by atoms with Crippen LogP contribution in [0.4, 0.5) is 0 Å². The van der Waals surface area contributed by atoms with Crippen LogP contribution in [0.15, 0.2) is 0 Å². The molecule has 0 saturated carbocycles. The summed E-state index contributed by atoms with van der Waals surface area (Å²) in [7, 11) is 0. The number of carboxylic acids is 2. The molecule has 0 aliphatic heterocycles. The predicted octanol–water partition coefficient (Wildman–Crippen LogP) is 3.83. The Labute approximate surface area is 152 Å². The zero-order chi connectivity index (χ0) is 19.3. The lowest BCUT2D eigenvalue weighted by Crippen LogP contribution is -1.99. The molecule has 0 aliphatic carbocycles. The van der Waals surface area contributed by atoms with E-state index in [2.05, 4.69) is 6.92 Å². The van der Waals surface area contributed by atoms with Gasteiger partial charge in [0.05, 0.1) is 0 Å². The van der Waals surface area contributed by atoms with Gasteiger partial charge in [-0.1, -0.05) is 51.9 Å². The monoisotopic (exact) mass is 362 g/mol. The highest BCUT2D eigenvalue weighted by atomic mass is 16.4. The first-order valence-corrected chi connectivity index (χ1v) is 9.59. The molecule has 25 heavy (non-hydrogen) atoms. The summed E-state index contributed by atoms with van der Waals surface area (Å²) in [5, 5.41) is 33.9. The molecule has 0 aromatic carbocycles. The van der Waals surface area contributed by atoms with Gasteiger partial charge in [0.1, 0.15) is 0 Å². The van der Waals surface area contributed by atoms with Gasteiger partial charge in [0.25, 0.3) is 0 Å². The molecule has 0 spiro atoms. The van der Waals surface area contributed by atoms with Crippen molar-refractivity contribution in [3.63, 3.8) is 0 Å². The van der Waals surface area contributed by atoms with Crippen molar-refractivity contribution in [1.82, 2.24) is 0 Å². The second kappa shape index (κ2) is 20.9. The van der Waals surface area contributed by atoms with Crippen molar-refractivity contribution in [1.29, 1.82) is 0 Å². The molecule has 0 aliphatic rings. The van der Waals surface area contributed by atoms with Crippen LogP contribution < -0.4 is 0 Å². The average Bonchev–Trinajstić information content (AvgIpc) is 2.57. The molecule has 0 saturated heterocycles.